The van der Waals surface area contributed by atoms with Gasteiger partial charge in [-0.05, 0) is 55.9 Å². The largest absolute Gasteiger partial charge is 0.444 e. The summed E-state index contributed by atoms with van der Waals surface area (Å²) in [6, 6.07) is 6.37. The lowest BCUT2D eigenvalue weighted by atomic mass is 9.78. The van der Waals surface area contributed by atoms with E-state index in [0.717, 1.165) is 25.1 Å². The van der Waals surface area contributed by atoms with Crippen LogP contribution in [0, 0.1) is 5.41 Å². The lowest BCUT2D eigenvalue weighted by molar-refractivity contribution is 0.0233. The number of rotatable bonds is 4. The van der Waals surface area contributed by atoms with Crippen LogP contribution < -0.4 is 16.4 Å². The Morgan fingerprint density at radius 1 is 1.29 bits per heavy atom. The summed E-state index contributed by atoms with van der Waals surface area (Å²) in [7, 11) is 0. The van der Waals surface area contributed by atoms with Crippen LogP contribution in [0.4, 0.5) is 16.2 Å². The number of hydrogen-bond donors (Lipinski definition) is 2. The standard InChI is InChI=1S/C19H31N3O2/c1-18(2,3)16(12-19(4,5)24-17(21)23)22-10-6-7-13-11-14(20)8-9-15(13)22/h8-9,11,16H,6-7,10,12,20H2,1-5H3,(H2,21,23). The summed E-state index contributed by atoms with van der Waals surface area (Å²) in [6.45, 7) is 11.5. The fourth-order valence-corrected chi connectivity index (χ4v) is 3.63. The van der Waals surface area contributed by atoms with Gasteiger partial charge >= 0.3 is 6.09 Å². The number of ether oxygens (including phenoxy) is 1. The summed E-state index contributed by atoms with van der Waals surface area (Å²) in [5.41, 5.74) is 14.0. The molecule has 0 aliphatic carbocycles. The molecule has 1 atom stereocenters. The summed E-state index contributed by atoms with van der Waals surface area (Å²) < 4.78 is 5.35. The molecule has 1 aliphatic heterocycles. The second-order valence-corrected chi connectivity index (χ2v) is 8.45. The van der Waals surface area contributed by atoms with Gasteiger partial charge in [0.1, 0.15) is 5.60 Å². The van der Waals surface area contributed by atoms with Crippen LogP contribution >= 0.6 is 0 Å². The first-order valence-electron chi connectivity index (χ1n) is 8.63. The van der Waals surface area contributed by atoms with E-state index in [9.17, 15) is 4.79 Å². The molecule has 0 aromatic heterocycles. The average Bonchev–Trinajstić information content (AvgIpc) is 2.41. The lowest BCUT2D eigenvalue weighted by Gasteiger charge is -2.47. The molecular weight excluding hydrogens is 302 g/mol. The minimum Gasteiger partial charge on any atom is -0.444 e. The molecule has 1 aliphatic rings. The number of nitrogens with zero attached hydrogens (tertiary/aromatic N) is 1. The second kappa shape index (κ2) is 6.54. The number of aryl methyl sites for hydroxylation is 1. The lowest BCUT2D eigenvalue weighted by Crippen LogP contribution is -2.51. The molecule has 0 radical (unpaired) electrons. The van der Waals surface area contributed by atoms with Gasteiger partial charge in [0, 0.05) is 30.4 Å². The molecule has 1 amide bonds. The van der Waals surface area contributed by atoms with E-state index in [4.69, 9.17) is 16.2 Å². The predicted molar refractivity (Wildman–Crippen MR) is 99.1 cm³/mol. The van der Waals surface area contributed by atoms with Crippen LogP contribution in [0.3, 0.4) is 0 Å². The Hall–Kier alpha value is -1.91. The van der Waals surface area contributed by atoms with E-state index in [0.29, 0.717) is 6.42 Å². The third kappa shape index (κ3) is 4.34. The first kappa shape index (κ1) is 18.4. The first-order chi connectivity index (χ1) is 11.0. The quantitative estimate of drug-likeness (QED) is 0.823. The number of fused-ring (bicyclic) bond motifs is 1. The van der Waals surface area contributed by atoms with Crippen LogP contribution in [0.1, 0.15) is 53.0 Å². The Bertz CT molecular complexity index is 605. The van der Waals surface area contributed by atoms with Gasteiger partial charge in [-0.15, -0.1) is 0 Å². The third-order valence-electron chi connectivity index (χ3n) is 4.70. The van der Waals surface area contributed by atoms with E-state index >= 15 is 0 Å². The molecule has 5 nitrogen and oxygen atoms in total. The monoisotopic (exact) mass is 333 g/mol. The summed E-state index contributed by atoms with van der Waals surface area (Å²) >= 11 is 0. The minimum absolute atomic E-state index is 0.0221. The maximum absolute atomic E-state index is 11.2. The number of hydrogen-bond acceptors (Lipinski definition) is 4. The van der Waals surface area contributed by atoms with Crippen molar-refractivity contribution in [3.8, 4) is 0 Å². The molecule has 0 saturated carbocycles. The number of amides is 1. The maximum Gasteiger partial charge on any atom is 0.405 e. The summed E-state index contributed by atoms with van der Waals surface area (Å²) in [5.74, 6) is 0. The molecule has 1 unspecified atom stereocenters. The van der Waals surface area contributed by atoms with Crippen LogP contribution in [0.25, 0.3) is 0 Å². The van der Waals surface area contributed by atoms with Gasteiger partial charge in [-0.2, -0.15) is 0 Å². The molecule has 1 aromatic rings. The molecule has 24 heavy (non-hydrogen) atoms. The molecule has 2 rings (SSSR count). The van der Waals surface area contributed by atoms with Gasteiger partial charge in [0.15, 0.2) is 0 Å². The van der Waals surface area contributed by atoms with E-state index in [-0.39, 0.29) is 11.5 Å². The molecule has 4 N–H and O–H groups in total. The predicted octanol–water partition coefficient (Wildman–Crippen LogP) is 3.70. The highest BCUT2D eigenvalue weighted by atomic mass is 16.6. The van der Waals surface area contributed by atoms with Crippen molar-refractivity contribution in [2.45, 2.75) is 65.5 Å². The van der Waals surface area contributed by atoms with E-state index < -0.39 is 11.7 Å². The summed E-state index contributed by atoms with van der Waals surface area (Å²) in [6.07, 6.45) is 2.14. The number of benzene rings is 1. The van der Waals surface area contributed by atoms with Crippen molar-refractivity contribution < 1.29 is 9.53 Å². The molecule has 1 aromatic carbocycles. The molecule has 134 valence electrons. The smallest absolute Gasteiger partial charge is 0.405 e. The zero-order valence-corrected chi connectivity index (χ0v) is 15.6. The number of nitrogen functional groups attached to an aromatic ring is 1. The van der Waals surface area contributed by atoms with Crippen LogP contribution in [0.15, 0.2) is 18.2 Å². The van der Waals surface area contributed by atoms with Gasteiger partial charge in [-0.3, -0.25) is 0 Å². The molecule has 0 spiro atoms. The zero-order chi connectivity index (χ0) is 18.1. The minimum atomic E-state index is -0.723. The first-order valence-corrected chi connectivity index (χ1v) is 8.63. The zero-order valence-electron chi connectivity index (χ0n) is 15.6. The number of anilines is 2. The molecule has 0 bridgehead atoms. The van der Waals surface area contributed by atoms with Crippen molar-refractivity contribution in [1.82, 2.24) is 0 Å². The Kier molecular flexibility index (Phi) is 5.02. The van der Waals surface area contributed by atoms with Crippen molar-refractivity contribution in [2.75, 3.05) is 17.2 Å². The molecule has 0 saturated heterocycles. The van der Waals surface area contributed by atoms with Crippen LogP contribution in [-0.2, 0) is 11.2 Å². The summed E-state index contributed by atoms with van der Waals surface area (Å²) in [5, 5.41) is 0. The molecule has 0 fully saturated rings. The Balaban J connectivity index is 2.35. The van der Waals surface area contributed by atoms with Gasteiger partial charge in [0.25, 0.3) is 0 Å². The van der Waals surface area contributed by atoms with Crippen LogP contribution in [0.2, 0.25) is 0 Å². The Morgan fingerprint density at radius 2 is 1.96 bits per heavy atom. The Morgan fingerprint density at radius 3 is 2.54 bits per heavy atom. The van der Waals surface area contributed by atoms with Crippen molar-refractivity contribution >= 4 is 17.5 Å². The highest BCUT2D eigenvalue weighted by molar-refractivity contribution is 5.65. The van der Waals surface area contributed by atoms with E-state index in [2.05, 4.69) is 37.8 Å². The van der Waals surface area contributed by atoms with Crippen LogP contribution in [-0.4, -0.2) is 24.3 Å². The average molecular weight is 333 g/mol. The molecule has 5 heteroatoms. The highest BCUT2D eigenvalue weighted by Crippen LogP contribution is 2.39. The van der Waals surface area contributed by atoms with E-state index in [1.807, 2.05) is 19.9 Å². The number of carbonyl (C=O) groups is 1. The van der Waals surface area contributed by atoms with Gasteiger partial charge in [0.05, 0.1) is 0 Å². The highest BCUT2D eigenvalue weighted by Gasteiger charge is 2.38. The number of primary amides is 1. The van der Waals surface area contributed by atoms with Gasteiger partial charge in [0.2, 0.25) is 0 Å². The second-order valence-electron chi connectivity index (χ2n) is 8.45. The fraction of sp³-hybridized carbons (Fsp3) is 0.632. The summed E-state index contributed by atoms with van der Waals surface area (Å²) in [4.78, 5) is 13.7. The van der Waals surface area contributed by atoms with E-state index in [1.54, 1.807) is 0 Å². The van der Waals surface area contributed by atoms with Crippen molar-refractivity contribution in [2.24, 2.45) is 11.1 Å². The van der Waals surface area contributed by atoms with Crippen molar-refractivity contribution in [3.05, 3.63) is 23.8 Å². The Labute approximate surface area is 145 Å². The van der Waals surface area contributed by atoms with Crippen LogP contribution in [0.5, 0.6) is 0 Å². The van der Waals surface area contributed by atoms with Crippen molar-refractivity contribution in [1.29, 1.82) is 0 Å². The molecule has 1 heterocycles. The normalized spacial score (nSPS) is 16.5. The topological polar surface area (TPSA) is 81.6 Å². The van der Waals surface area contributed by atoms with Gasteiger partial charge in [-0.25, -0.2) is 4.79 Å². The third-order valence-corrected chi connectivity index (χ3v) is 4.70. The van der Waals surface area contributed by atoms with Gasteiger partial charge < -0.3 is 21.1 Å². The van der Waals surface area contributed by atoms with Crippen molar-refractivity contribution in [3.63, 3.8) is 0 Å². The molecular formula is C19H31N3O2. The number of nitrogens with two attached hydrogens (primary N) is 2. The SMILES string of the molecule is CC(C)(CC(N1CCCc2cc(N)ccc21)C(C)(C)C)OC(N)=O. The van der Waals surface area contributed by atoms with E-state index in [1.165, 1.54) is 11.3 Å². The fourth-order valence-electron chi connectivity index (χ4n) is 3.63. The maximum atomic E-state index is 11.2. The van der Waals surface area contributed by atoms with Gasteiger partial charge in [-0.1, -0.05) is 20.8 Å². The number of carbonyl (C=O) groups excluding carboxylic acids is 1.